The molecule has 0 saturated heterocycles. The molecular weight excluding hydrogens is 356 g/mol. The number of hydrogen-bond donors (Lipinski definition) is 1. The minimum Gasteiger partial charge on any atom is -0.309 e. The van der Waals surface area contributed by atoms with Gasteiger partial charge in [0.2, 0.25) is 5.91 Å². The van der Waals surface area contributed by atoms with Crippen LogP contribution in [0.5, 0.6) is 0 Å². The molecular formula is C19H18N8O. The first-order valence-corrected chi connectivity index (χ1v) is 8.38. The molecule has 0 unspecified atom stereocenters. The maximum atomic E-state index is 12.3. The summed E-state index contributed by atoms with van der Waals surface area (Å²) in [5.41, 5.74) is 3.07. The number of amides is 1. The summed E-state index contributed by atoms with van der Waals surface area (Å²) in [6.07, 6.45) is 13.1. The number of pyridine rings is 1. The fraction of sp³-hybridized carbons (Fsp3) is 0.105. The molecule has 0 saturated carbocycles. The van der Waals surface area contributed by atoms with E-state index in [1.165, 1.54) is 6.33 Å². The third kappa shape index (κ3) is 4.79. The maximum Gasteiger partial charge on any atom is 0.247 e. The van der Waals surface area contributed by atoms with Gasteiger partial charge in [-0.1, -0.05) is 0 Å². The van der Waals surface area contributed by atoms with Crippen molar-refractivity contribution in [1.82, 2.24) is 24.7 Å². The molecule has 0 aliphatic heterocycles. The minimum absolute atomic E-state index is 0.0583. The van der Waals surface area contributed by atoms with Crippen molar-refractivity contribution in [3.8, 4) is 11.1 Å². The second kappa shape index (κ2) is 9.08. The van der Waals surface area contributed by atoms with E-state index in [0.29, 0.717) is 11.5 Å². The fourth-order valence-corrected chi connectivity index (χ4v) is 2.40. The van der Waals surface area contributed by atoms with Crippen molar-refractivity contribution in [2.45, 2.75) is 13.5 Å². The lowest BCUT2D eigenvalue weighted by Crippen LogP contribution is -2.19. The predicted octanol–water partition coefficient (Wildman–Crippen LogP) is 2.46. The molecule has 9 nitrogen and oxygen atoms in total. The normalized spacial score (nSPS) is 11.5. The molecule has 0 spiro atoms. The van der Waals surface area contributed by atoms with E-state index in [1.54, 1.807) is 60.2 Å². The van der Waals surface area contributed by atoms with Crippen LogP contribution in [0, 0.1) is 0 Å². The standard InChI is InChI=1S/C19H18N8O/c1-3-23-17(10-20-2)14-4-5-18(24-8-14)26-19(28)12-27-11-16(9-25-27)15-6-21-13-22-7-15/h3-11,13H,2,12H2,1H3,(H,24,26,28)/b17-10-,23-3-. The number of aromatic nitrogens is 5. The summed E-state index contributed by atoms with van der Waals surface area (Å²) < 4.78 is 1.54. The van der Waals surface area contributed by atoms with Crippen molar-refractivity contribution >= 4 is 30.4 Å². The van der Waals surface area contributed by atoms with E-state index in [0.717, 1.165) is 16.7 Å². The van der Waals surface area contributed by atoms with Gasteiger partial charge >= 0.3 is 0 Å². The molecule has 0 atom stereocenters. The van der Waals surface area contributed by atoms with Gasteiger partial charge < -0.3 is 5.32 Å². The van der Waals surface area contributed by atoms with Crippen LogP contribution < -0.4 is 5.32 Å². The second-order valence-electron chi connectivity index (χ2n) is 5.62. The molecule has 3 aromatic rings. The highest BCUT2D eigenvalue weighted by atomic mass is 16.2. The van der Waals surface area contributed by atoms with E-state index >= 15 is 0 Å². The molecule has 9 heteroatoms. The number of carbonyl (C=O) groups is 1. The summed E-state index contributed by atoms with van der Waals surface area (Å²) in [6.45, 7) is 5.30. The van der Waals surface area contributed by atoms with Crippen LogP contribution in [-0.2, 0) is 11.3 Å². The van der Waals surface area contributed by atoms with Gasteiger partial charge in [0, 0.05) is 47.7 Å². The SMILES string of the molecule is C=N/C=C(\N=C/C)c1ccc(NC(=O)Cn2cc(-c3cncnc3)cn2)nc1. The zero-order valence-electron chi connectivity index (χ0n) is 15.2. The molecule has 3 aromatic heterocycles. The Morgan fingerprint density at radius 2 is 2.04 bits per heavy atom. The quantitative estimate of drug-likeness (QED) is 0.639. The van der Waals surface area contributed by atoms with E-state index < -0.39 is 0 Å². The van der Waals surface area contributed by atoms with Crippen LogP contribution in [0.15, 0.2) is 65.6 Å². The van der Waals surface area contributed by atoms with Crippen molar-refractivity contribution in [3.05, 3.63) is 61.2 Å². The zero-order valence-corrected chi connectivity index (χ0v) is 15.2. The van der Waals surface area contributed by atoms with Gasteiger partial charge in [-0.3, -0.25) is 19.5 Å². The molecule has 1 N–H and O–H groups in total. The monoisotopic (exact) mass is 374 g/mol. The van der Waals surface area contributed by atoms with Gasteiger partial charge in [-0.25, -0.2) is 15.0 Å². The highest BCUT2D eigenvalue weighted by Gasteiger charge is 2.08. The molecule has 1 amide bonds. The van der Waals surface area contributed by atoms with Gasteiger partial charge in [0.05, 0.1) is 18.1 Å². The van der Waals surface area contributed by atoms with E-state index in [9.17, 15) is 4.79 Å². The summed E-state index contributed by atoms with van der Waals surface area (Å²) in [7, 11) is 0. The highest BCUT2D eigenvalue weighted by molar-refractivity contribution is 5.89. The van der Waals surface area contributed by atoms with Crippen LogP contribution >= 0.6 is 0 Å². The van der Waals surface area contributed by atoms with E-state index in [-0.39, 0.29) is 12.5 Å². The predicted molar refractivity (Wildman–Crippen MR) is 108 cm³/mol. The van der Waals surface area contributed by atoms with Crippen molar-refractivity contribution < 1.29 is 4.79 Å². The first-order valence-electron chi connectivity index (χ1n) is 8.38. The molecule has 0 bridgehead atoms. The first kappa shape index (κ1) is 18.8. The molecule has 0 aliphatic carbocycles. The van der Waals surface area contributed by atoms with Gasteiger partial charge in [-0.15, -0.1) is 0 Å². The largest absolute Gasteiger partial charge is 0.309 e. The lowest BCUT2D eigenvalue weighted by Gasteiger charge is -2.06. The van der Waals surface area contributed by atoms with Gasteiger partial charge in [-0.2, -0.15) is 5.10 Å². The Labute approximate surface area is 161 Å². The summed E-state index contributed by atoms with van der Waals surface area (Å²) in [5.74, 6) is 0.193. The number of anilines is 1. The third-order valence-electron chi connectivity index (χ3n) is 3.64. The topological polar surface area (TPSA) is 110 Å². The van der Waals surface area contributed by atoms with Crippen LogP contribution in [0.1, 0.15) is 12.5 Å². The Kier molecular flexibility index (Phi) is 6.09. The summed E-state index contributed by atoms with van der Waals surface area (Å²) in [5, 5.41) is 6.93. The second-order valence-corrected chi connectivity index (χ2v) is 5.62. The molecule has 28 heavy (non-hydrogen) atoms. The van der Waals surface area contributed by atoms with E-state index in [4.69, 9.17) is 0 Å². The molecule has 3 rings (SSSR count). The van der Waals surface area contributed by atoms with Gasteiger partial charge in [0.25, 0.3) is 0 Å². The van der Waals surface area contributed by atoms with Crippen LogP contribution in [0.3, 0.4) is 0 Å². The number of nitrogens with zero attached hydrogens (tertiary/aromatic N) is 7. The number of aliphatic imine (C=N–C) groups is 2. The molecule has 0 aromatic carbocycles. The molecule has 3 heterocycles. The molecule has 0 radical (unpaired) electrons. The summed E-state index contributed by atoms with van der Waals surface area (Å²) in [4.78, 5) is 32.4. The van der Waals surface area contributed by atoms with E-state index in [2.05, 4.69) is 42.1 Å². The Morgan fingerprint density at radius 3 is 2.71 bits per heavy atom. The lowest BCUT2D eigenvalue weighted by molar-refractivity contribution is -0.116. The zero-order chi connectivity index (χ0) is 19.8. The van der Waals surface area contributed by atoms with Gasteiger partial charge in [0.15, 0.2) is 0 Å². The van der Waals surface area contributed by atoms with Crippen molar-refractivity contribution in [1.29, 1.82) is 0 Å². The van der Waals surface area contributed by atoms with Crippen LogP contribution in [0.4, 0.5) is 5.82 Å². The van der Waals surface area contributed by atoms with E-state index in [1.807, 2.05) is 6.92 Å². The molecule has 0 aliphatic rings. The average molecular weight is 374 g/mol. The fourth-order valence-electron chi connectivity index (χ4n) is 2.40. The number of carbonyl (C=O) groups excluding carboxylic acids is 1. The summed E-state index contributed by atoms with van der Waals surface area (Å²) in [6, 6.07) is 3.50. The minimum atomic E-state index is -0.241. The van der Waals surface area contributed by atoms with Crippen LogP contribution in [0.25, 0.3) is 16.8 Å². The number of rotatable bonds is 7. The number of hydrogen-bond acceptors (Lipinski definition) is 7. The Bertz CT molecular complexity index is 1010. The highest BCUT2D eigenvalue weighted by Crippen LogP contribution is 2.17. The van der Waals surface area contributed by atoms with Crippen molar-refractivity contribution in [3.63, 3.8) is 0 Å². The first-order chi connectivity index (χ1) is 13.7. The maximum absolute atomic E-state index is 12.3. The summed E-state index contributed by atoms with van der Waals surface area (Å²) >= 11 is 0. The van der Waals surface area contributed by atoms with Gasteiger partial charge in [-0.05, 0) is 25.8 Å². The van der Waals surface area contributed by atoms with Crippen LogP contribution in [0.2, 0.25) is 0 Å². The average Bonchev–Trinajstić information content (AvgIpc) is 3.17. The van der Waals surface area contributed by atoms with Crippen molar-refractivity contribution in [2.75, 3.05) is 5.32 Å². The Morgan fingerprint density at radius 1 is 1.21 bits per heavy atom. The number of nitrogens with one attached hydrogen (secondary N) is 1. The Balaban J connectivity index is 1.63. The van der Waals surface area contributed by atoms with Crippen LogP contribution in [-0.4, -0.2) is 43.6 Å². The lowest BCUT2D eigenvalue weighted by atomic mass is 10.2. The Hall–Kier alpha value is -4.01. The smallest absolute Gasteiger partial charge is 0.247 e. The van der Waals surface area contributed by atoms with Gasteiger partial charge in [0.1, 0.15) is 18.7 Å². The molecule has 0 fully saturated rings. The third-order valence-corrected chi connectivity index (χ3v) is 3.64. The van der Waals surface area contributed by atoms with Crippen molar-refractivity contribution in [2.24, 2.45) is 9.98 Å². The molecule has 140 valence electrons.